The van der Waals surface area contributed by atoms with Crippen molar-refractivity contribution in [3.05, 3.63) is 29.8 Å². The van der Waals surface area contributed by atoms with Crippen LogP contribution in [0.15, 0.2) is 18.2 Å². The van der Waals surface area contributed by atoms with E-state index in [0.717, 1.165) is 12.1 Å². The lowest BCUT2D eigenvalue weighted by Crippen LogP contribution is -2.28. The Hall–Kier alpha value is -1.53. The molecular weight excluding hydrogens is 218 g/mol. The molecule has 0 saturated carbocycles. The molecule has 0 heterocycles. The maximum atomic E-state index is 13.1. The molecule has 0 saturated heterocycles. The van der Waals surface area contributed by atoms with Crippen LogP contribution in [0.2, 0.25) is 0 Å². The van der Waals surface area contributed by atoms with Gasteiger partial charge < -0.3 is 10.2 Å². The zero-order valence-electron chi connectivity index (χ0n) is 8.72. The summed E-state index contributed by atoms with van der Waals surface area (Å²) in [6, 6.07) is 3.35. The molecule has 0 fully saturated rings. The summed E-state index contributed by atoms with van der Waals surface area (Å²) in [5.74, 6) is -2.22. The Morgan fingerprint density at radius 3 is 2.56 bits per heavy atom. The minimum atomic E-state index is -0.815. The standard InChI is InChI=1S/C10H12F2N2O2/c1-2-16-13-6-9(15)14-10-7(11)4-3-5-8(10)12/h3-5,13H,2,6H2,1H3,(H,14,15). The summed E-state index contributed by atoms with van der Waals surface area (Å²) in [4.78, 5) is 15.9. The molecule has 0 aliphatic rings. The summed E-state index contributed by atoms with van der Waals surface area (Å²) < 4.78 is 26.2. The van der Waals surface area contributed by atoms with Crippen LogP contribution in [0.3, 0.4) is 0 Å². The highest BCUT2D eigenvalue weighted by molar-refractivity contribution is 5.92. The second-order valence-electron chi connectivity index (χ2n) is 2.90. The van der Waals surface area contributed by atoms with Gasteiger partial charge in [0.1, 0.15) is 23.9 Å². The highest BCUT2D eigenvalue weighted by Crippen LogP contribution is 2.17. The van der Waals surface area contributed by atoms with E-state index in [1.165, 1.54) is 6.07 Å². The van der Waals surface area contributed by atoms with Crippen molar-refractivity contribution in [3.63, 3.8) is 0 Å². The highest BCUT2D eigenvalue weighted by atomic mass is 19.1. The van der Waals surface area contributed by atoms with Gasteiger partial charge in [-0.2, -0.15) is 5.48 Å². The molecule has 1 rings (SSSR count). The van der Waals surface area contributed by atoms with Crippen LogP contribution in [-0.2, 0) is 9.63 Å². The van der Waals surface area contributed by atoms with Crippen molar-refractivity contribution >= 4 is 11.6 Å². The first-order chi connectivity index (χ1) is 7.65. The third-order valence-electron chi connectivity index (χ3n) is 1.71. The van der Waals surface area contributed by atoms with Gasteiger partial charge >= 0.3 is 0 Å². The fourth-order valence-electron chi connectivity index (χ4n) is 1.02. The van der Waals surface area contributed by atoms with E-state index in [0.29, 0.717) is 6.61 Å². The fraction of sp³-hybridized carbons (Fsp3) is 0.300. The molecule has 1 aromatic carbocycles. The number of amides is 1. The van der Waals surface area contributed by atoms with Crippen molar-refractivity contribution in [2.24, 2.45) is 0 Å². The van der Waals surface area contributed by atoms with E-state index in [2.05, 4.69) is 10.8 Å². The largest absolute Gasteiger partial charge is 0.320 e. The van der Waals surface area contributed by atoms with Crippen LogP contribution in [0, 0.1) is 11.6 Å². The molecule has 0 spiro atoms. The molecule has 16 heavy (non-hydrogen) atoms. The van der Waals surface area contributed by atoms with Gasteiger partial charge in [-0.05, 0) is 19.1 Å². The molecule has 0 radical (unpaired) electrons. The topological polar surface area (TPSA) is 50.4 Å². The van der Waals surface area contributed by atoms with Gasteiger partial charge in [-0.1, -0.05) is 6.07 Å². The number of hydroxylamine groups is 1. The van der Waals surface area contributed by atoms with Crippen molar-refractivity contribution in [1.82, 2.24) is 5.48 Å². The number of para-hydroxylation sites is 1. The zero-order valence-corrected chi connectivity index (χ0v) is 8.72. The zero-order chi connectivity index (χ0) is 12.0. The van der Waals surface area contributed by atoms with Crippen LogP contribution in [0.1, 0.15) is 6.92 Å². The van der Waals surface area contributed by atoms with E-state index >= 15 is 0 Å². The predicted octanol–water partition coefficient (Wildman–Crippen LogP) is 1.44. The minimum absolute atomic E-state index is 0.179. The molecule has 6 heteroatoms. The number of benzene rings is 1. The fourth-order valence-corrected chi connectivity index (χ4v) is 1.02. The van der Waals surface area contributed by atoms with E-state index < -0.39 is 23.2 Å². The third-order valence-corrected chi connectivity index (χ3v) is 1.71. The molecule has 0 atom stereocenters. The molecule has 1 amide bonds. The summed E-state index contributed by atoms with van der Waals surface area (Å²) in [6.07, 6.45) is 0. The van der Waals surface area contributed by atoms with Crippen LogP contribution in [0.25, 0.3) is 0 Å². The van der Waals surface area contributed by atoms with Gasteiger partial charge in [0.2, 0.25) is 5.91 Å². The van der Waals surface area contributed by atoms with E-state index in [-0.39, 0.29) is 6.54 Å². The molecular formula is C10H12F2N2O2. The van der Waals surface area contributed by atoms with E-state index in [1.54, 1.807) is 6.92 Å². The summed E-state index contributed by atoms with van der Waals surface area (Å²) in [6.45, 7) is 1.95. The molecule has 0 aliphatic carbocycles. The highest BCUT2D eigenvalue weighted by Gasteiger charge is 2.11. The van der Waals surface area contributed by atoms with Gasteiger partial charge in [-0.25, -0.2) is 8.78 Å². The first-order valence-electron chi connectivity index (χ1n) is 4.73. The Morgan fingerprint density at radius 1 is 1.38 bits per heavy atom. The molecule has 0 aliphatic heterocycles. The van der Waals surface area contributed by atoms with Gasteiger partial charge in [0, 0.05) is 0 Å². The Labute approximate surface area is 91.6 Å². The van der Waals surface area contributed by atoms with Gasteiger partial charge in [0.15, 0.2) is 0 Å². The second-order valence-corrected chi connectivity index (χ2v) is 2.90. The Morgan fingerprint density at radius 2 is 2.00 bits per heavy atom. The Bertz CT molecular complexity index is 352. The number of nitrogens with one attached hydrogen (secondary N) is 2. The molecule has 0 aromatic heterocycles. The number of hydrogen-bond donors (Lipinski definition) is 2. The monoisotopic (exact) mass is 230 g/mol. The maximum Gasteiger partial charge on any atom is 0.240 e. The van der Waals surface area contributed by atoms with Crippen LogP contribution in [-0.4, -0.2) is 19.1 Å². The average Bonchev–Trinajstić information content (AvgIpc) is 2.24. The second kappa shape index (κ2) is 6.14. The number of hydrogen-bond acceptors (Lipinski definition) is 3. The third kappa shape index (κ3) is 3.56. The lowest BCUT2D eigenvalue weighted by atomic mass is 10.3. The number of anilines is 1. The number of carbonyl (C=O) groups excluding carboxylic acids is 1. The summed E-state index contributed by atoms with van der Waals surface area (Å²) in [5, 5.41) is 2.11. The van der Waals surface area contributed by atoms with Gasteiger partial charge in [-0.3, -0.25) is 4.79 Å². The molecule has 4 nitrogen and oxygen atoms in total. The lowest BCUT2D eigenvalue weighted by Gasteiger charge is -2.07. The normalized spacial score (nSPS) is 10.2. The first-order valence-corrected chi connectivity index (χ1v) is 4.73. The maximum absolute atomic E-state index is 13.1. The van der Waals surface area contributed by atoms with Gasteiger partial charge in [0.25, 0.3) is 0 Å². The SMILES string of the molecule is CCONCC(=O)Nc1c(F)cccc1F. The number of halogens is 2. The average molecular weight is 230 g/mol. The van der Waals surface area contributed by atoms with Crippen molar-refractivity contribution in [1.29, 1.82) is 0 Å². The van der Waals surface area contributed by atoms with Gasteiger partial charge in [-0.15, -0.1) is 0 Å². The van der Waals surface area contributed by atoms with E-state index in [9.17, 15) is 13.6 Å². The quantitative estimate of drug-likeness (QED) is 0.594. The van der Waals surface area contributed by atoms with E-state index in [1.807, 2.05) is 0 Å². The summed E-state index contributed by atoms with van der Waals surface area (Å²) >= 11 is 0. The first kappa shape index (κ1) is 12.5. The minimum Gasteiger partial charge on any atom is -0.320 e. The molecule has 2 N–H and O–H groups in total. The predicted molar refractivity (Wildman–Crippen MR) is 54.6 cm³/mol. The molecule has 88 valence electrons. The van der Waals surface area contributed by atoms with Crippen molar-refractivity contribution < 1.29 is 18.4 Å². The Kier molecular flexibility index (Phi) is 4.81. The smallest absolute Gasteiger partial charge is 0.240 e. The van der Waals surface area contributed by atoms with Crippen molar-refractivity contribution in [2.75, 3.05) is 18.5 Å². The van der Waals surface area contributed by atoms with Crippen LogP contribution in [0.5, 0.6) is 0 Å². The summed E-state index contributed by atoms with van der Waals surface area (Å²) in [5.41, 5.74) is 1.88. The Balaban J connectivity index is 2.56. The van der Waals surface area contributed by atoms with Crippen LogP contribution in [0.4, 0.5) is 14.5 Å². The van der Waals surface area contributed by atoms with Crippen molar-refractivity contribution in [3.8, 4) is 0 Å². The van der Waals surface area contributed by atoms with Crippen LogP contribution >= 0.6 is 0 Å². The summed E-state index contributed by atoms with van der Waals surface area (Å²) in [7, 11) is 0. The van der Waals surface area contributed by atoms with Gasteiger partial charge in [0.05, 0.1) is 6.61 Å². The van der Waals surface area contributed by atoms with E-state index in [4.69, 9.17) is 4.84 Å². The number of carbonyl (C=O) groups is 1. The molecule has 1 aromatic rings. The molecule has 0 bridgehead atoms. The number of rotatable bonds is 5. The van der Waals surface area contributed by atoms with Crippen molar-refractivity contribution in [2.45, 2.75) is 6.92 Å². The van der Waals surface area contributed by atoms with Crippen LogP contribution < -0.4 is 10.8 Å². The lowest BCUT2D eigenvalue weighted by molar-refractivity contribution is -0.117. The molecule has 0 unspecified atom stereocenters.